The lowest BCUT2D eigenvalue weighted by molar-refractivity contribution is 0.367. The number of phenols is 2. The molecule has 0 atom stereocenters. The molecule has 0 saturated carbocycles. The third kappa shape index (κ3) is 2.37. The Morgan fingerprint density at radius 2 is 1.73 bits per heavy atom. The van der Waals surface area contributed by atoms with E-state index in [2.05, 4.69) is 0 Å². The first-order valence-corrected chi connectivity index (χ1v) is 6.24. The van der Waals surface area contributed by atoms with Crippen LogP contribution in [0.4, 0.5) is 0 Å². The second-order valence-corrected chi connectivity index (χ2v) is 4.49. The molecule has 0 aliphatic carbocycles. The lowest BCUT2D eigenvalue weighted by Crippen LogP contribution is -2.02. The second kappa shape index (κ2) is 5.81. The molecule has 2 N–H and O–H groups in total. The monoisotopic (exact) mass is 300 g/mol. The molecular formula is C17H16O5. The molecule has 0 aliphatic rings. The van der Waals surface area contributed by atoms with Crippen molar-refractivity contribution in [2.75, 3.05) is 7.11 Å². The molecule has 22 heavy (non-hydrogen) atoms. The third-order valence-electron chi connectivity index (χ3n) is 3.18. The molecule has 1 aromatic heterocycles. The number of benzene rings is 2. The summed E-state index contributed by atoms with van der Waals surface area (Å²) in [7, 11) is 1.35. The van der Waals surface area contributed by atoms with E-state index >= 15 is 0 Å². The number of ether oxygens (including phenoxy) is 1. The molecule has 0 aliphatic heterocycles. The van der Waals surface area contributed by atoms with Gasteiger partial charge in [-0.15, -0.1) is 0 Å². The smallest absolute Gasteiger partial charge is 0.204 e. The van der Waals surface area contributed by atoms with E-state index in [0.29, 0.717) is 11.3 Å². The normalized spacial score (nSPS) is 10.2. The van der Waals surface area contributed by atoms with Gasteiger partial charge in [-0.25, -0.2) is 0 Å². The Bertz CT molecular complexity index is 866. The van der Waals surface area contributed by atoms with E-state index in [9.17, 15) is 15.0 Å². The Morgan fingerprint density at radius 1 is 1.05 bits per heavy atom. The van der Waals surface area contributed by atoms with Crippen molar-refractivity contribution in [1.29, 1.82) is 0 Å². The first-order valence-electron chi connectivity index (χ1n) is 6.24. The van der Waals surface area contributed by atoms with E-state index in [-0.39, 0.29) is 35.6 Å². The molecule has 0 saturated heterocycles. The summed E-state index contributed by atoms with van der Waals surface area (Å²) < 4.78 is 10.7. The molecule has 0 unspecified atom stereocenters. The van der Waals surface area contributed by atoms with Crippen molar-refractivity contribution in [2.24, 2.45) is 0 Å². The number of hydrogen-bond acceptors (Lipinski definition) is 5. The summed E-state index contributed by atoms with van der Waals surface area (Å²) in [5.74, 6) is -0.304. The Balaban J connectivity index is 0.00000176. The summed E-state index contributed by atoms with van der Waals surface area (Å²) >= 11 is 0. The fraction of sp³-hybridized carbons (Fsp3) is 0.118. The number of fused-ring (bicyclic) bond motifs is 1. The molecular weight excluding hydrogens is 284 g/mol. The summed E-state index contributed by atoms with van der Waals surface area (Å²) in [6, 6.07) is 11.4. The van der Waals surface area contributed by atoms with E-state index in [1.54, 1.807) is 12.1 Å². The van der Waals surface area contributed by atoms with E-state index in [4.69, 9.17) is 9.15 Å². The zero-order chi connectivity index (χ0) is 15.0. The third-order valence-corrected chi connectivity index (χ3v) is 3.18. The van der Waals surface area contributed by atoms with Crippen LogP contribution >= 0.6 is 0 Å². The quantitative estimate of drug-likeness (QED) is 0.757. The molecule has 0 bridgehead atoms. The lowest BCUT2D eigenvalue weighted by atomic mass is 10.1. The van der Waals surface area contributed by atoms with Crippen molar-refractivity contribution < 1.29 is 19.4 Å². The maximum absolute atomic E-state index is 12.2. The number of methoxy groups -OCH3 is 1. The molecule has 0 spiro atoms. The summed E-state index contributed by atoms with van der Waals surface area (Å²) in [5, 5.41) is 19.6. The highest BCUT2D eigenvalue weighted by atomic mass is 16.5. The van der Waals surface area contributed by atoms with Crippen molar-refractivity contribution in [3.05, 3.63) is 52.7 Å². The van der Waals surface area contributed by atoms with Gasteiger partial charge in [0, 0.05) is 17.7 Å². The van der Waals surface area contributed by atoms with Crippen LogP contribution in [0.1, 0.15) is 7.43 Å². The van der Waals surface area contributed by atoms with Gasteiger partial charge in [0.25, 0.3) is 0 Å². The number of hydrogen-bond donors (Lipinski definition) is 2. The van der Waals surface area contributed by atoms with Gasteiger partial charge in [-0.1, -0.05) is 37.8 Å². The minimum Gasteiger partial charge on any atom is -0.507 e. The molecule has 0 amide bonds. The molecule has 0 radical (unpaired) electrons. The molecule has 5 heteroatoms. The maximum Gasteiger partial charge on any atom is 0.204 e. The molecule has 2 aromatic carbocycles. The summed E-state index contributed by atoms with van der Waals surface area (Å²) in [6.07, 6.45) is 0. The fourth-order valence-electron chi connectivity index (χ4n) is 2.22. The van der Waals surface area contributed by atoms with Crippen LogP contribution in [0.5, 0.6) is 17.2 Å². The topological polar surface area (TPSA) is 79.9 Å². The van der Waals surface area contributed by atoms with Gasteiger partial charge in [-0.2, -0.15) is 0 Å². The van der Waals surface area contributed by atoms with Gasteiger partial charge < -0.3 is 19.4 Å². The molecule has 3 aromatic rings. The van der Waals surface area contributed by atoms with Gasteiger partial charge in [-0.05, 0) is 0 Å². The molecule has 0 fully saturated rings. The summed E-state index contributed by atoms with van der Waals surface area (Å²) in [4.78, 5) is 12.2. The number of rotatable bonds is 2. The van der Waals surface area contributed by atoms with Crippen molar-refractivity contribution in [2.45, 2.75) is 7.43 Å². The Hall–Kier alpha value is -2.95. The van der Waals surface area contributed by atoms with Gasteiger partial charge in [0.2, 0.25) is 5.75 Å². The van der Waals surface area contributed by atoms with Crippen LogP contribution < -0.4 is 10.2 Å². The predicted molar refractivity (Wildman–Crippen MR) is 84.5 cm³/mol. The van der Waals surface area contributed by atoms with E-state index < -0.39 is 5.43 Å². The predicted octanol–water partition coefficient (Wildman–Crippen LogP) is 3.52. The van der Waals surface area contributed by atoms with E-state index in [1.165, 1.54) is 13.2 Å². The van der Waals surface area contributed by atoms with Crippen molar-refractivity contribution >= 4 is 11.0 Å². The SMILES string of the molecule is C.COc1c(O)cc(O)c2c(=O)cc(-c3ccccc3)oc12. The van der Waals surface area contributed by atoms with Gasteiger partial charge in [-0.3, -0.25) is 4.79 Å². The first-order chi connectivity index (χ1) is 10.1. The van der Waals surface area contributed by atoms with E-state index in [1.807, 2.05) is 18.2 Å². The highest BCUT2D eigenvalue weighted by Crippen LogP contribution is 2.40. The maximum atomic E-state index is 12.2. The van der Waals surface area contributed by atoms with Crippen LogP contribution in [0.15, 0.2) is 51.7 Å². The van der Waals surface area contributed by atoms with Gasteiger partial charge in [0.05, 0.1) is 7.11 Å². The van der Waals surface area contributed by atoms with Crippen molar-refractivity contribution in [3.8, 4) is 28.6 Å². The highest BCUT2D eigenvalue weighted by Gasteiger charge is 2.18. The number of aromatic hydroxyl groups is 2. The molecule has 5 nitrogen and oxygen atoms in total. The zero-order valence-corrected chi connectivity index (χ0v) is 11.2. The first kappa shape index (κ1) is 15.4. The Morgan fingerprint density at radius 3 is 2.36 bits per heavy atom. The highest BCUT2D eigenvalue weighted by molar-refractivity contribution is 5.91. The van der Waals surface area contributed by atoms with Crippen LogP contribution in [0.25, 0.3) is 22.3 Å². The van der Waals surface area contributed by atoms with Crippen molar-refractivity contribution in [1.82, 2.24) is 0 Å². The standard InChI is InChI=1S/C16H12O5.CH4/c1-20-15-12(19)7-10(17)14-11(18)8-13(21-16(14)15)9-5-3-2-4-6-9;/h2-8,17,19H,1H3;1H4. The van der Waals surface area contributed by atoms with E-state index in [0.717, 1.165) is 6.07 Å². The van der Waals surface area contributed by atoms with Crippen LogP contribution in [-0.2, 0) is 0 Å². The Labute approximate surface area is 127 Å². The average molecular weight is 300 g/mol. The summed E-state index contributed by atoms with van der Waals surface area (Å²) in [6.45, 7) is 0. The average Bonchev–Trinajstić information content (AvgIpc) is 2.47. The second-order valence-electron chi connectivity index (χ2n) is 4.49. The minimum absolute atomic E-state index is 0. The lowest BCUT2D eigenvalue weighted by Gasteiger charge is -2.09. The number of phenolic OH excluding ortho intramolecular Hbond substituents is 2. The largest absolute Gasteiger partial charge is 0.507 e. The van der Waals surface area contributed by atoms with Crippen LogP contribution in [-0.4, -0.2) is 17.3 Å². The van der Waals surface area contributed by atoms with Gasteiger partial charge in [0.15, 0.2) is 16.8 Å². The molecule has 3 rings (SSSR count). The van der Waals surface area contributed by atoms with Crippen LogP contribution in [0, 0.1) is 0 Å². The minimum atomic E-state index is -0.411. The van der Waals surface area contributed by atoms with Crippen LogP contribution in [0.2, 0.25) is 0 Å². The van der Waals surface area contributed by atoms with Gasteiger partial charge in [0.1, 0.15) is 16.9 Å². The fourth-order valence-corrected chi connectivity index (χ4v) is 2.22. The Kier molecular flexibility index (Phi) is 4.08. The van der Waals surface area contributed by atoms with Crippen LogP contribution in [0.3, 0.4) is 0 Å². The summed E-state index contributed by atoms with van der Waals surface area (Å²) in [5.41, 5.74) is 0.314. The van der Waals surface area contributed by atoms with Gasteiger partial charge >= 0.3 is 0 Å². The zero-order valence-electron chi connectivity index (χ0n) is 11.2. The van der Waals surface area contributed by atoms with Crippen molar-refractivity contribution in [3.63, 3.8) is 0 Å². The molecule has 114 valence electrons. The molecule has 1 heterocycles.